The fourth-order valence-corrected chi connectivity index (χ4v) is 2.04. The van der Waals surface area contributed by atoms with Crippen LogP contribution in [-0.2, 0) is 0 Å². The highest BCUT2D eigenvalue weighted by Crippen LogP contribution is 2.36. The normalized spacial score (nSPS) is 24.7. The highest BCUT2D eigenvalue weighted by atomic mass is 14.2. The summed E-state index contributed by atoms with van der Waals surface area (Å²) in [6.07, 6.45) is 9.21. The standard InChI is InChI=1S/C10H14.H2/c1-8-6-7-9-4-2-3-5-10(8)9;/h7H,2-6H2,1H3;1H. The van der Waals surface area contributed by atoms with Crippen LogP contribution in [0.3, 0.4) is 0 Å². The first-order chi connectivity index (χ1) is 4.88. The third-order valence-electron chi connectivity index (χ3n) is 2.68. The van der Waals surface area contributed by atoms with Gasteiger partial charge in [0.05, 0.1) is 0 Å². The van der Waals surface area contributed by atoms with Crippen LogP contribution < -0.4 is 0 Å². The summed E-state index contributed by atoms with van der Waals surface area (Å²) in [5.41, 5.74) is 5.00. The zero-order valence-corrected chi connectivity index (χ0v) is 6.61. The van der Waals surface area contributed by atoms with Crippen LogP contribution in [0.1, 0.15) is 40.5 Å². The molecule has 0 N–H and O–H groups in total. The average molecular weight is 136 g/mol. The maximum Gasteiger partial charge on any atom is 0 e. The molecule has 2 aliphatic carbocycles. The minimum absolute atomic E-state index is 0. The number of rotatable bonds is 0. The maximum absolute atomic E-state index is 2.42. The zero-order chi connectivity index (χ0) is 6.97. The third kappa shape index (κ3) is 0.828. The molecule has 0 amide bonds. The van der Waals surface area contributed by atoms with Gasteiger partial charge in [-0.05, 0) is 50.2 Å². The van der Waals surface area contributed by atoms with Gasteiger partial charge >= 0.3 is 0 Å². The van der Waals surface area contributed by atoms with Crippen molar-refractivity contribution in [3.63, 3.8) is 0 Å². The molecule has 0 saturated heterocycles. The molecule has 0 aromatic carbocycles. The Kier molecular flexibility index (Phi) is 1.40. The molecular weight excluding hydrogens is 120 g/mol. The van der Waals surface area contributed by atoms with Gasteiger partial charge in [0.1, 0.15) is 0 Å². The first kappa shape index (κ1) is 6.21. The fourth-order valence-electron chi connectivity index (χ4n) is 2.04. The van der Waals surface area contributed by atoms with E-state index in [4.69, 9.17) is 0 Å². The van der Waals surface area contributed by atoms with Gasteiger partial charge in [0.2, 0.25) is 0 Å². The van der Waals surface area contributed by atoms with E-state index in [-0.39, 0.29) is 1.43 Å². The number of allylic oxidation sites excluding steroid dienone is 4. The van der Waals surface area contributed by atoms with Crippen LogP contribution in [-0.4, -0.2) is 0 Å². The predicted octanol–water partition coefficient (Wildman–Crippen LogP) is 3.45. The number of fused-ring (bicyclic) bond motifs is 1. The van der Waals surface area contributed by atoms with Crippen molar-refractivity contribution in [2.24, 2.45) is 0 Å². The minimum Gasteiger partial charge on any atom is -0.0770 e. The van der Waals surface area contributed by atoms with Crippen LogP contribution in [0.25, 0.3) is 0 Å². The monoisotopic (exact) mass is 136 g/mol. The Morgan fingerprint density at radius 3 is 2.90 bits per heavy atom. The van der Waals surface area contributed by atoms with E-state index in [2.05, 4.69) is 13.0 Å². The van der Waals surface area contributed by atoms with E-state index in [0.717, 1.165) is 0 Å². The molecule has 2 rings (SSSR count). The number of hydrogen-bond donors (Lipinski definition) is 0. The van der Waals surface area contributed by atoms with Crippen molar-refractivity contribution in [3.05, 3.63) is 22.8 Å². The first-order valence-corrected chi connectivity index (χ1v) is 4.26. The molecule has 0 atom stereocenters. The summed E-state index contributed by atoms with van der Waals surface area (Å²) in [7, 11) is 0. The molecule has 0 heterocycles. The van der Waals surface area contributed by atoms with Gasteiger partial charge in [0.15, 0.2) is 0 Å². The summed E-state index contributed by atoms with van der Waals surface area (Å²) in [5.74, 6) is 0. The van der Waals surface area contributed by atoms with Crippen molar-refractivity contribution in [1.29, 1.82) is 0 Å². The summed E-state index contributed by atoms with van der Waals surface area (Å²) in [4.78, 5) is 0. The predicted molar refractivity (Wildman–Crippen MR) is 46.0 cm³/mol. The van der Waals surface area contributed by atoms with E-state index in [1.807, 2.05) is 0 Å². The van der Waals surface area contributed by atoms with E-state index in [1.165, 1.54) is 32.1 Å². The van der Waals surface area contributed by atoms with E-state index < -0.39 is 0 Å². The maximum atomic E-state index is 2.42. The van der Waals surface area contributed by atoms with Crippen molar-refractivity contribution in [3.8, 4) is 0 Å². The van der Waals surface area contributed by atoms with E-state index in [0.29, 0.717) is 0 Å². The summed E-state index contributed by atoms with van der Waals surface area (Å²) in [6.45, 7) is 2.28. The molecule has 0 aromatic heterocycles. The Morgan fingerprint density at radius 2 is 2.10 bits per heavy atom. The van der Waals surface area contributed by atoms with Crippen LogP contribution in [0.4, 0.5) is 0 Å². The van der Waals surface area contributed by atoms with Gasteiger partial charge in [-0.25, -0.2) is 0 Å². The molecule has 0 bridgehead atoms. The lowest BCUT2D eigenvalue weighted by Crippen LogP contribution is -1.96. The van der Waals surface area contributed by atoms with Crippen LogP contribution in [0.15, 0.2) is 22.8 Å². The Labute approximate surface area is 64.1 Å². The molecule has 0 heteroatoms. The van der Waals surface area contributed by atoms with Gasteiger partial charge in [0, 0.05) is 1.43 Å². The Morgan fingerprint density at radius 1 is 1.30 bits per heavy atom. The quantitative estimate of drug-likeness (QED) is 0.478. The summed E-state index contributed by atoms with van der Waals surface area (Å²) in [5, 5.41) is 0. The van der Waals surface area contributed by atoms with Crippen molar-refractivity contribution < 1.29 is 1.43 Å². The summed E-state index contributed by atoms with van der Waals surface area (Å²) < 4.78 is 0. The van der Waals surface area contributed by atoms with Gasteiger partial charge in [-0.1, -0.05) is 11.6 Å². The van der Waals surface area contributed by atoms with Crippen molar-refractivity contribution in [1.82, 2.24) is 0 Å². The van der Waals surface area contributed by atoms with E-state index >= 15 is 0 Å². The molecule has 0 aliphatic heterocycles. The molecule has 1 fully saturated rings. The van der Waals surface area contributed by atoms with Crippen LogP contribution in [0.5, 0.6) is 0 Å². The molecule has 0 aromatic rings. The molecule has 2 aliphatic rings. The lowest BCUT2D eigenvalue weighted by molar-refractivity contribution is 0.679. The summed E-state index contributed by atoms with van der Waals surface area (Å²) in [6, 6.07) is 0. The molecule has 0 spiro atoms. The highest BCUT2D eigenvalue weighted by molar-refractivity contribution is 5.42. The van der Waals surface area contributed by atoms with Gasteiger partial charge in [-0.3, -0.25) is 0 Å². The zero-order valence-electron chi connectivity index (χ0n) is 6.61. The first-order valence-electron chi connectivity index (χ1n) is 4.26. The minimum atomic E-state index is 0. The summed E-state index contributed by atoms with van der Waals surface area (Å²) >= 11 is 0. The van der Waals surface area contributed by atoms with E-state index in [9.17, 15) is 0 Å². The highest BCUT2D eigenvalue weighted by Gasteiger charge is 2.17. The SMILES string of the molecule is CC1=C2CCCCC2=CC1.[HH]. The molecule has 1 saturated carbocycles. The molecule has 0 nitrogen and oxygen atoms in total. The lowest BCUT2D eigenvalue weighted by Gasteiger charge is -2.15. The van der Waals surface area contributed by atoms with Gasteiger partial charge in [-0.2, -0.15) is 0 Å². The second kappa shape index (κ2) is 2.26. The van der Waals surface area contributed by atoms with Crippen LogP contribution >= 0.6 is 0 Å². The topological polar surface area (TPSA) is 0 Å². The molecular formula is C10H16. The van der Waals surface area contributed by atoms with Crippen molar-refractivity contribution in [2.75, 3.05) is 0 Å². The van der Waals surface area contributed by atoms with Crippen molar-refractivity contribution in [2.45, 2.75) is 39.0 Å². The molecule has 10 heavy (non-hydrogen) atoms. The number of hydrogen-bond acceptors (Lipinski definition) is 0. The average Bonchev–Trinajstić information content (AvgIpc) is 2.34. The molecule has 0 radical (unpaired) electrons. The Bertz CT molecular complexity index is 211. The van der Waals surface area contributed by atoms with Crippen LogP contribution in [0.2, 0.25) is 0 Å². The van der Waals surface area contributed by atoms with Gasteiger partial charge in [0.25, 0.3) is 0 Å². The van der Waals surface area contributed by atoms with E-state index in [1.54, 1.807) is 16.7 Å². The lowest BCUT2D eigenvalue weighted by atomic mass is 9.90. The largest absolute Gasteiger partial charge is 0.0770 e. The van der Waals surface area contributed by atoms with Gasteiger partial charge < -0.3 is 0 Å². The second-order valence-corrected chi connectivity index (χ2v) is 3.40. The van der Waals surface area contributed by atoms with Crippen molar-refractivity contribution >= 4 is 0 Å². The Balaban J connectivity index is 0.000000605. The Hall–Kier alpha value is -0.520. The second-order valence-electron chi connectivity index (χ2n) is 3.40. The smallest absolute Gasteiger partial charge is 0 e. The third-order valence-corrected chi connectivity index (χ3v) is 2.68. The van der Waals surface area contributed by atoms with Gasteiger partial charge in [-0.15, -0.1) is 0 Å². The fraction of sp³-hybridized carbons (Fsp3) is 0.600. The molecule has 0 unspecified atom stereocenters. The van der Waals surface area contributed by atoms with Crippen LogP contribution in [0, 0.1) is 0 Å². The molecule has 56 valence electrons.